The molecule has 3 saturated heterocycles. The molecule has 3 fully saturated rings. The molecule has 3 aliphatic heterocycles. The lowest BCUT2D eigenvalue weighted by molar-refractivity contribution is -0.319. The molecule has 0 aromatic heterocycles. The van der Waals surface area contributed by atoms with E-state index < -0.39 is 54.7 Å². The molecule has 0 bridgehead atoms. The SMILES string of the molecule is CC[C@H]1OC(C)[C@@H](OC(C)=O)C(O[C@@H]2OC(C)[C@H](C)[C@H]3OC(C)(C)OC23)[C@H]1O. The van der Waals surface area contributed by atoms with Crippen LogP contribution in [0.1, 0.15) is 54.9 Å². The Morgan fingerprint density at radius 1 is 1.04 bits per heavy atom. The number of aliphatic hydroxyl groups excluding tert-OH is 1. The summed E-state index contributed by atoms with van der Waals surface area (Å²) in [7, 11) is 0. The van der Waals surface area contributed by atoms with Gasteiger partial charge >= 0.3 is 5.97 Å². The summed E-state index contributed by atoms with van der Waals surface area (Å²) in [6.45, 7) is 12.8. The van der Waals surface area contributed by atoms with Crippen molar-refractivity contribution >= 4 is 5.97 Å². The van der Waals surface area contributed by atoms with Crippen LogP contribution in [0.3, 0.4) is 0 Å². The van der Waals surface area contributed by atoms with Crippen LogP contribution in [0, 0.1) is 5.92 Å². The van der Waals surface area contributed by atoms with Crippen molar-refractivity contribution in [3.05, 3.63) is 0 Å². The van der Waals surface area contributed by atoms with Crippen molar-refractivity contribution < 1.29 is 38.3 Å². The Hall–Kier alpha value is -0.770. The monoisotopic (exact) mass is 402 g/mol. The summed E-state index contributed by atoms with van der Waals surface area (Å²) in [6.07, 6.45) is -4.23. The van der Waals surface area contributed by atoms with Crippen LogP contribution in [0.4, 0.5) is 0 Å². The first-order valence-electron chi connectivity index (χ1n) is 10.2. The molecule has 0 aromatic rings. The fraction of sp³-hybridized carbons (Fsp3) is 0.950. The molecule has 8 heteroatoms. The third-order valence-corrected chi connectivity index (χ3v) is 5.93. The minimum absolute atomic E-state index is 0.118. The number of esters is 1. The van der Waals surface area contributed by atoms with Gasteiger partial charge in [-0.05, 0) is 34.1 Å². The molecule has 0 amide bonds. The van der Waals surface area contributed by atoms with Gasteiger partial charge in [0.05, 0.1) is 24.4 Å². The smallest absolute Gasteiger partial charge is 0.303 e. The number of aliphatic hydroxyl groups is 1. The first-order valence-corrected chi connectivity index (χ1v) is 10.2. The van der Waals surface area contributed by atoms with Crippen LogP contribution in [0.5, 0.6) is 0 Å². The fourth-order valence-electron chi connectivity index (χ4n) is 4.34. The van der Waals surface area contributed by atoms with Crippen molar-refractivity contribution in [1.82, 2.24) is 0 Å². The van der Waals surface area contributed by atoms with Gasteiger partial charge in [-0.2, -0.15) is 0 Å². The van der Waals surface area contributed by atoms with E-state index >= 15 is 0 Å². The Bertz CT molecular complexity index is 566. The molecule has 1 N–H and O–H groups in total. The minimum atomic E-state index is -0.961. The number of fused-ring (bicyclic) bond motifs is 1. The molecule has 0 saturated carbocycles. The van der Waals surface area contributed by atoms with Crippen LogP contribution in [0.25, 0.3) is 0 Å². The van der Waals surface area contributed by atoms with E-state index in [1.165, 1.54) is 6.92 Å². The van der Waals surface area contributed by atoms with Crippen molar-refractivity contribution in [2.75, 3.05) is 0 Å². The van der Waals surface area contributed by atoms with E-state index in [4.69, 9.17) is 28.4 Å². The zero-order valence-electron chi connectivity index (χ0n) is 17.8. The van der Waals surface area contributed by atoms with Crippen LogP contribution in [0.15, 0.2) is 0 Å². The standard InChI is InChI=1S/C20H34O8/c1-8-13-14(22)17(16(11(4)23-13)25-12(5)21)26-19-18-15(9(2)10(3)24-19)27-20(6,7)28-18/h9-11,13-19,22H,8H2,1-7H3/t9-,10?,11?,13+,14-,15+,16+,17?,18?,19-/m0/s1. The van der Waals surface area contributed by atoms with Gasteiger partial charge in [0.2, 0.25) is 0 Å². The molecule has 8 nitrogen and oxygen atoms in total. The lowest BCUT2D eigenvalue weighted by Crippen LogP contribution is -2.62. The maximum atomic E-state index is 11.6. The summed E-state index contributed by atoms with van der Waals surface area (Å²) in [6, 6.07) is 0. The second kappa shape index (κ2) is 8.16. The summed E-state index contributed by atoms with van der Waals surface area (Å²) in [5, 5.41) is 10.9. The number of ether oxygens (including phenoxy) is 6. The predicted octanol–water partition coefficient (Wildman–Crippen LogP) is 1.76. The molecule has 3 heterocycles. The van der Waals surface area contributed by atoms with Gasteiger partial charge in [0.25, 0.3) is 0 Å². The third-order valence-electron chi connectivity index (χ3n) is 5.93. The summed E-state index contributed by atoms with van der Waals surface area (Å²) in [5.74, 6) is -1.08. The highest BCUT2D eigenvalue weighted by molar-refractivity contribution is 5.66. The number of hydrogen-bond acceptors (Lipinski definition) is 8. The molecular weight excluding hydrogens is 368 g/mol. The minimum Gasteiger partial charge on any atom is -0.457 e. The van der Waals surface area contributed by atoms with Crippen molar-refractivity contribution in [3.63, 3.8) is 0 Å². The normalized spacial score (nSPS) is 48.1. The van der Waals surface area contributed by atoms with Crippen LogP contribution >= 0.6 is 0 Å². The number of carbonyl (C=O) groups excluding carboxylic acids is 1. The highest BCUT2D eigenvalue weighted by Crippen LogP contribution is 2.41. The Morgan fingerprint density at radius 3 is 2.29 bits per heavy atom. The van der Waals surface area contributed by atoms with Gasteiger partial charge in [-0.25, -0.2) is 0 Å². The lowest BCUT2D eigenvalue weighted by Gasteiger charge is -2.46. The van der Waals surface area contributed by atoms with Crippen molar-refractivity contribution in [1.29, 1.82) is 0 Å². The van der Waals surface area contributed by atoms with Crippen LogP contribution < -0.4 is 0 Å². The Labute approximate surface area is 166 Å². The largest absolute Gasteiger partial charge is 0.457 e. The molecule has 0 aromatic carbocycles. The molecule has 3 rings (SSSR count). The first-order chi connectivity index (χ1) is 13.0. The zero-order chi connectivity index (χ0) is 20.8. The number of hydrogen-bond donors (Lipinski definition) is 1. The number of rotatable bonds is 4. The second-order valence-electron chi connectivity index (χ2n) is 8.59. The molecule has 10 atom stereocenters. The molecule has 0 aliphatic carbocycles. The Morgan fingerprint density at radius 2 is 1.68 bits per heavy atom. The van der Waals surface area contributed by atoms with Crippen LogP contribution in [-0.2, 0) is 33.2 Å². The summed E-state index contributed by atoms with van der Waals surface area (Å²) < 4.78 is 35.8. The maximum absolute atomic E-state index is 11.6. The topological polar surface area (TPSA) is 92.7 Å². The Balaban J connectivity index is 1.84. The third kappa shape index (κ3) is 4.22. The second-order valence-corrected chi connectivity index (χ2v) is 8.59. The van der Waals surface area contributed by atoms with Crippen molar-refractivity contribution in [2.24, 2.45) is 5.92 Å². The maximum Gasteiger partial charge on any atom is 0.303 e. The van der Waals surface area contributed by atoms with Gasteiger partial charge in [-0.1, -0.05) is 13.8 Å². The van der Waals surface area contributed by atoms with Gasteiger partial charge in [-0.3, -0.25) is 4.79 Å². The molecule has 0 spiro atoms. The van der Waals surface area contributed by atoms with Gasteiger partial charge in [0.15, 0.2) is 18.2 Å². The van der Waals surface area contributed by atoms with E-state index in [1.807, 2.05) is 34.6 Å². The van der Waals surface area contributed by atoms with Gasteiger partial charge in [-0.15, -0.1) is 0 Å². The molecule has 0 radical (unpaired) electrons. The fourth-order valence-corrected chi connectivity index (χ4v) is 4.34. The van der Waals surface area contributed by atoms with E-state index in [0.29, 0.717) is 6.42 Å². The molecule has 28 heavy (non-hydrogen) atoms. The van der Waals surface area contributed by atoms with Gasteiger partial charge in [0.1, 0.15) is 18.3 Å². The molecular formula is C20H34O8. The van der Waals surface area contributed by atoms with Gasteiger partial charge in [0, 0.05) is 12.8 Å². The van der Waals surface area contributed by atoms with Crippen LogP contribution in [0.2, 0.25) is 0 Å². The number of carbonyl (C=O) groups is 1. The first kappa shape index (κ1) is 21.9. The van der Waals surface area contributed by atoms with E-state index in [1.54, 1.807) is 0 Å². The predicted molar refractivity (Wildman–Crippen MR) is 98.4 cm³/mol. The lowest BCUT2D eigenvalue weighted by atomic mass is 9.91. The molecule has 162 valence electrons. The average molecular weight is 402 g/mol. The van der Waals surface area contributed by atoms with E-state index in [-0.39, 0.29) is 18.1 Å². The highest BCUT2D eigenvalue weighted by Gasteiger charge is 2.55. The summed E-state index contributed by atoms with van der Waals surface area (Å²) in [5.41, 5.74) is 0. The van der Waals surface area contributed by atoms with E-state index in [2.05, 4.69) is 6.92 Å². The molecule has 3 aliphatic rings. The average Bonchev–Trinajstić information content (AvgIpc) is 2.93. The summed E-state index contributed by atoms with van der Waals surface area (Å²) >= 11 is 0. The van der Waals surface area contributed by atoms with Crippen molar-refractivity contribution in [2.45, 2.75) is 116 Å². The highest BCUT2D eigenvalue weighted by atomic mass is 16.8. The zero-order valence-corrected chi connectivity index (χ0v) is 17.8. The Kier molecular flexibility index (Phi) is 6.39. The van der Waals surface area contributed by atoms with Crippen LogP contribution in [-0.4, -0.2) is 72.0 Å². The quantitative estimate of drug-likeness (QED) is 0.711. The van der Waals surface area contributed by atoms with Crippen molar-refractivity contribution in [3.8, 4) is 0 Å². The van der Waals surface area contributed by atoms with E-state index in [9.17, 15) is 9.90 Å². The summed E-state index contributed by atoms with van der Waals surface area (Å²) in [4.78, 5) is 11.6. The van der Waals surface area contributed by atoms with E-state index in [0.717, 1.165) is 0 Å². The van der Waals surface area contributed by atoms with Gasteiger partial charge < -0.3 is 33.5 Å². The molecule has 4 unspecified atom stereocenters.